The maximum Gasteiger partial charge on any atom is 0.338 e. The van der Waals surface area contributed by atoms with Crippen molar-refractivity contribution in [1.82, 2.24) is 4.90 Å². The van der Waals surface area contributed by atoms with Crippen molar-refractivity contribution in [1.29, 1.82) is 0 Å². The van der Waals surface area contributed by atoms with Gasteiger partial charge in [-0.05, 0) is 49.4 Å². The molecule has 0 spiro atoms. The van der Waals surface area contributed by atoms with Crippen LogP contribution in [0.1, 0.15) is 23.7 Å². The second-order valence-electron chi connectivity index (χ2n) is 7.19. The first-order valence-electron chi connectivity index (χ1n) is 10.3. The number of amides is 4. The lowest BCUT2D eigenvalue weighted by Gasteiger charge is -2.21. The van der Waals surface area contributed by atoms with E-state index < -0.39 is 29.9 Å². The number of anilines is 2. The third-order valence-corrected chi connectivity index (χ3v) is 5.23. The molecule has 1 N–H and O–H groups in total. The lowest BCUT2D eigenvalue weighted by atomic mass is 10.1. The van der Waals surface area contributed by atoms with Crippen LogP contribution >= 0.6 is 11.6 Å². The van der Waals surface area contributed by atoms with Crippen molar-refractivity contribution >= 4 is 46.8 Å². The molecule has 10 heteroatoms. The number of rotatable bonds is 9. The van der Waals surface area contributed by atoms with E-state index >= 15 is 0 Å². The van der Waals surface area contributed by atoms with Crippen molar-refractivity contribution in [3.63, 3.8) is 0 Å². The van der Waals surface area contributed by atoms with Crippen LogP contribution < -0.4 is 10.2 Å². The highest BCUT2D eigenvalue weighted by molar-refractivity contribution is 6.30. The minimum absolute atomic E-state index is 0.140. The van der Waals surface area contributed by atoms with Crippen molar-refractivity contribution in [2.24, 2.45) is 0 Å². The number of nitrogens with one attached hydrogen (secondary N) is 1. The van der Waals surface area contributed by atoms with Gasteiger partial charge in [0.1, 0.15) is 6.04 Å². The van der Waals surface area contributed by atoms with E-state index in [2.05, 4.69) is 5.32 Å². The SMILES string of the molecule is CCOC(=O)c1cccc(NC(=O)C[C@@H]2C(=O)N(c3ccc(Cl)cc3)C(=O)N2CCOC)c1. The van der Waals surface area contributed by atoms with Gasteiger partial charge in [0.25, 0.3) is 5.91 Å². The molecular weight excluding hydrogens is 450 g/mol. The Balaban J connectivity index is 1.77. The summed E-state index contributed by atoms with van der Waals surface area (Å²) in [7, 11) is 1.48. The van der Waals surface area contributed by atoms with Gasteiger partial charge in [0.05, 0.1) is 30.9 Å². The van der Waals surface area contributed by atoms with Gasteiger partial charge >= 0.3 is 12.0 Å². The summed E-state index contributed by atoms with van der Waals surface area (Å²) in [4.78, 5) is 53.1. The Bertz CT molecular complexity index is 1040. The number of nitrogens with zero attached hydrogens (tertiary/aromatic N) is 2. The maximum absolute atomic E-state index is 13.1. The van der Waals surface area contributed by atoms with Gasteiger partial charge in [-0.1, -0.05) is 17.7 Å². The predicted octanol–water partition coefficient (Wildman–Crippen LogP) is 3.33. The molecule has 9 nitrogen and oxygen atoms in total. The number of benzene rings is 2. The molecule has 2 aromatic rings. The molecule has 1 aliphatic rings. The number of carbonyl (C=O) groups excluding carboxylic acids is 4. The third-order valence-electron chi connectivity index (χ3n) is 4.98. The molecule has 0 aliphatic carbocycles. The van der Waals surface area contributed by atoms with Crippen LogP contribution in [0.3, 0.4) is 0 Å². The largest absolute Gasteiger partial charge is 0.462 e. The molecule has 3 rings (SSSR count). The molecule has 0 radical (unpaired) electrons. The summed E-state index contributed by atoms with van der Waals surface area (Å²) in [6.07, 6.45) is -0.262. The zero-order valence-electron chi connectivity index (χ0n) is 18.2. The molecule has 1 atom stereocenters. The van der Waals surface area contributed by atoms with Gasteiger partial charge in [0.2, 0.25) is 5.91 Å². The number of imide groups is 1. The average Bonchev–Trinajstić information content (AvgIpc) is 3.02. The standard InChI is InChI=1S/C23H24ClN3O6/c1-3-33-22(30)15-5-4-6-17(13-15)25-20(28)14-19-21(29)27(18-9-7-16(24)8-10-18)23(31)26(19)11-12-32-2/h4-10,13,19H,3,11-12,14H2,1-2H3,(H,25,28)/t19-/m1/s1. The van der Waals surface area contributed by atoms with Crippen LogP contribution in [0, 0.1) is 0 Å². The number of esters is 1. The summed E-state index contributed by atoms with van der Waals surface area (Å²) in [5.41, 5.74) is 1.03. The second kappa shape index (κ2) is 10.9. The summed E-state index contributed by atoms with van der Waals surface area (Å²) >= 11 is 5.91. The van der Waals surface area contributed by atoms with Crippen LogP contribution in [0.15, 0.2) is 48.5 Å². The van der Waals surface area contributed by atoms with E-state index in [1.54, 1.807) is 49.4 Å². The van der Waals surface area contributed by atoms with Crippen molar-refractivity contribution in [3.05, 3.63) is 59.1 Å². The van der Waals surface area contributed by atoms with Crippen LogP contribution in [0.2, 0.25) is 5.02 Å². The number of carbonyl (C=O) groups is 4. The molecule has 1 fully saturated rings. The van der Waals surface area contributed by atoms with E-state index in [1.807, 2.05) is 0 Å². The van der Waals surface area contributed by atoms with Crippen molar-refractivity contribution < 1.29 is 28.7 Å². The van der Waals surface area contributed by atoms with Crippen molar-refractivity contribution in [2.75, 3.05) is 37.1 Å². The first-order chi connectivity index (χ1) is 15.8. The Morgan fingerprint density at radius 3 is 2.52 bits per heavy atom. The van der Waals surface area contributed by atoms with E-state index in [0.29, 0.717) is 16.4 Å². The fourth-order valence-corrected chi connectivity index (χ4v) is 3.56. The van der Waals surface area contributed by atoms with Crippen LogP contribution in [0.25, 0.3) is 0 Å². The van der Waals surface area contributed by atoms with Gasteiger partial charge in [-0.25, -0.2) is 14.5 Å². The highest BCUT2D eigenvalue weighted by atomic mass is 35.5. The molecule has 2 aromatic carbocycles. The zero-order valence-corrected chi connectivity index (χ0v) is 19.0. The summed E-state index contributed by atoms with van der Waals surface area (Å²) < 4.78 is 10.0. The lowest BCUT2D eigenvalue weighted by molar-refractivity contribution is -0.124. The van der Waals surface area contributed by atoms with Crippen LogP contribution in [-0.4, -0.2) is 61.6 Å². The van der Waals surface area contributed by atoms with Crippen molar-refractivity contribution in [2.45, 2.75) is 19.4 Å². The smallest absolute Gasteiger partial charge is 0.338 e. The first-order valence-corrected chi connectivity index (χ1v) is 10.7. The molecule has 0 aromatic heterocycles. The molecule has 4 amide bonds. The van der Waals surface area contributed by atoms with Gasteiger partial charge in [-0.2, -0.15) is 0 Å². The van der Waals surface area contributed by atoms with Crippen molar-refractivity contribution in [3.8, 4) is 0 Å². The normalized spacial score (nSPS) is 15.7. The predicted molar refractivity (Wildman–Crippen MR) is 122 cm³/mol. The number of hydrogen-bond donors (Lipinski definition) is 1. The van der Waals surface area contributed by atoms with Crippen LogP contribution in [-0.2, 0) is 19.1 Å². The number of ether oxygens (including phenoxy) is 2. The third kappa shape index (κ3) is 5.68. The fraction of sp³-hybridized carbons (Fsp3) is 0.304. The Hall–Kier alpha value is -3.43. The second-order valence-corrected chi connectivity index (χ2v) is 7.62. The average molecular weight is 474 g/mol. The molecule has 33 heavy (non-hydrogen) atoms. The van der Waals surface area contributed by atoms with Gasteiger partial charge in [0, 0.05) is 24.4 Å². The van der Waals surface area contributed by atoms with E-state index in [1.165, 1.54) is 18.1 Å². The Labute approximate surface area is 196 Å². The topological polar surface area (TPSA) is 105 Å². The highest BCUT2D eigenvalue weighted by Crippen LogP contribution is 2.28. The van der Waals surface area contributed by atoms with Crippen LogP contribution in [0.5, 0.6) is 0 Å². The Morgan fingerprint density at radius 2 is 1.85 bits per heavy atom. The number of urea groups is 1. The van der Waals surface area contributed by atoms with E-state index in [0.717, 1.165) is 4.90 Å². The fourth-order valence-electron chi connectivity index (χ4n) is 3.43. The van der Waals surface area contributed by atoms with E-state index in [9.17, 15) is 19.2 Å². The van der Waals surface area contributed by atoms with Gasteiger partial charge in [-0.15, -0.1) is 0 Å². The van der Waals surface area contributed by atoms with Gasteiger partial charge in [-0.3, -0.25) is 9.59 Å². The Morgan fingerprint density at radius 1 is 1.12 bits per heavy atom. The molecule has 1 heterocycles. The molecule has 0 saturated carbocycles. The summed E-state index contributed by atoms with van der Waals surface area (Å²) in [6, 6.07) is 11.0. The minimum atomic E-state index is -1.00. The summed E-state index contributed by atoms with van der Waals surface area (Å²) in [5, 5.41) is 3.14. The lowest BCUT2D eigenvalue weighted by Crippen LogP contribution is -2.39. The zero-order chi connectivity index (χ0) is 24.0. The molecular formula is C23H24ClN3O6. The van der Waals surface area contributed by atoms with E-state index in [4.69, 9.17) is 21.1 Å². The molecule has 0 unspecified atom stereocenters. The number of methoxy groups -OCH3 is 1. The summed E-state index contributed by atoms with van der Waals surface area (Å²) in [5.74, 6) is -1.51. The molecule has 1 aliphatic heterocycles. The summed E-state index contributed by atoms with van der Waals surface area (Å²) in [6.45, 7) is 2.27. The Kier molecular flexibility index (Phi) is 8.02. The molecule has 0 bridgehead atoms. The van der Waals surface area contributed by atoms with Crippen LogP contribution in [0.4, 0.5) is 16.2 Å². The van der Waals surface area contributed by atoms with Gasteiger partial charge < -0.3 is 19.7 Å². The minimum Gasteiger partial charge on any atom is -0.462 e. The first kappa shape index (κ1) is 24.2. The highest BCUT2D eigenvalue weighted by Gasteiger charge is 2.46. The number of hydrogen-bond acceptors (Lipinski definition) is 6. The quantitative estimate of drug-likeness (QED) is 0.442. The number of halogens is 1. The molecule has 1 saturated heterocycles. The maximum atomic E-state index is 13.1. The van der Waals surface area contributed by atoms with Gasteiger partial charge in [0.15, 0.2) is 0 Å². The molecule has 174 valence electrons. The van der Waals surface area contributed by atoms with E-state index in [-0.39, 0.29) is 31.7 Å². The monoisotopic (exact) mass is 473 g/mol.